The SMILES string of the molecule is Cc1ccc(S(=O)(=O)N2C/C=C/CN(S(=O)(=O)c3cccs3)C/C=C/CN(S(=O)(=O)c3cccs3)C/C=C/C2)cc1. The second-order valence-corrected chi connectivity index (χ2v) is 17.2. The van der Waals surface area contributed by atoms with Crippen LogP contribution in [0.3, 0.4) is 0 Å². The van der Waals surface area contributed by atoms with Gasteiger partial charge in [0.1, 0.15) is 8.42 Å². The number of hydrogen-bond acceptors (Lipinski definition) is 8. The molecule has 0 N–H and O–H groups in total. The Bertz CT molecular complexity index is 1600. The van der Waals surface area contributed by atoms with Gasteiger partial charge in [0, 0.05) is 39.3 Å². The van der Waals surface area contributed by atoms with Crippen LogP contribution in [0.1, 0.15) is 5.56 Å². The molecule has 3 aromatic rings. The van der Waals surface area contributed by atoms with E-state index >= 15 is 0 Å². The van der Waals surface area contributed by atoms with E-state index in [4.69, 9.17) is 0 Å². The maximum absolute atomic E-state index is 13.5. The summed E-state index contributed by atoms with van der Waals surface area (Å²) in [4.78, 5) is 0.135. The normalized spacial score (nSPS) is 20.1. The molecule has 0 radical (unpaired) electrons. The van der Waals surface area contributed by atoms with Gasteiger partial charge in [-0.2, -0.15) is 12.9 Å². The third kappa shape index (κ3) is 7.70. The Labute approximate surface area is 250 Å². The van der Waals surface area contributed by atoms with Gasteiger partial charge in [0.2, 0.25) is 10.0 Å². The van der Waals surface area contributed by atoms with Gasteiger partial charge in [-0.05, 0) is 41.9 Å². The highest BCUT2D eigenvalue weighted by Crippen LogP contribution is 2.23. The van der Waals surface area contributed by atoms with Crippen molar-refractivity contribution in [3.8, 4) is 0 Å². The Balaban J connectivity index is 1.68. The fourth-order valence-electron chi connectivity index (χ4n) is 3.90. The number of hydrogen-bond donors (Lipinski definition) is 0. The molecular formula is C27H31N3O6S5. The average molecular weight is 654 g/mol. The van der Waals surface area contributed by atoms with Crippen molar-refractivity contribution in [1.29, 1.82) is 0 Å². The van der Waals surface area contributed by atoms with Crippen LogP contribution in [0.15, 0.2) is 109 Å². The lowest BCUT2D eigenvalue weighted by atomic mass is 10.2. The van der Waals surface area contributed by atoms with Gasteiger partial charge < -0.3 is 0 Å². The van der Waals surface area contributed by atoms with Gasteiger partial charge in [-0.15, -0.1) is 22.7 Å². The first-order valence-corrected chi connectivity index (χ1v) is 18.7. The monoisotopic (exact) mass is 653 g/mol. The molecule has 0 unspecified atom stereocenters. The van der Waals surface area contributed by atoms with E-state index in [9.17, 15) is 25.3 Å². The number of aryl methyl sites for hydroxylation is 1. The van der Waals surface area contributed by atoms with Crippen LogP contribution in [-0.4, -0.2) is 77.4 Å². The largest absolute Gasteiger partial charge is 0.253 e. The van der Waals surface area contributed by atoms with Crippen LogP contribution in [0.25, 0.3) is 0 Å². The fourth-order valence-corrected chi connectivity index (χ4v) is 10.2. The lowest BCUT2D eigenvalue weighted by Gasteiger charge is -2.20. The highest BCUT2D eigenvalue weighted by molar-refractivity contribution is 7.91. The van der Waals surface area contributed by atoms with Crippen molar-refractivity contribution < 1.29 is 25.3 Å². The third-order valence-corrected chi connectivity index (χ3v) is 14.4. The summed E-state index contributed by atoms with van der Waals surface area (Å²) in [7, 11) is -11.5. The number of benzene rings is 1. The second kappa shape index (κ2) is 13.7. The van der Waals surface area contributed by atoms with Crippen LogP contribution < -0.4 is 0 Å². The zero-order chi connectivity index (χ0) is 29.5. The van der Waals surface area contributed by atoms with Gasteiger partial charge in [0.25, 0.3) is 20.0 Å². The van der Waals surface area contributed by atoms with Crippen LogP contribution in [-0.2, 0) is 30.1 Å². The van der Waals surface area contributed by atoms with E-state index in [0.717, 1.165) is 28.2 Å². The van der Waals surface area contributed by atoms with Crippen molar-refractivity contribution in [3.05, 3.63) is 101 Å². The smallest absolute Gasteiger partial charge is 0.207 e. The molecule has 0 amide bonds. The predicted octanol–water partition coefficient (Wildman–Crippen LogP) is 4.17. The molecule has 0 fully saturated rings. The molecule has 0 saturated carbocycles. The average Bonchev–Trinajstić information content (AvgIpc) is 3.67. The van der Waals surface area contributed by atoms with E-state index in [1.807, 2.05) is 6.92 Å². The first-order valence-electron chi connectivity index (χ1n) is 12.6. The van der Waals surface area contributed by atoms with Gasteiger partial charge in [0.15, 0.2) is 0 Å². The van der Waals surface area contributed by atoms with Crippen LogP contribution in [0.4, 0.5) is 0 Å². The summed E-state index contributed by atoms with van der Waals surface area (Å²) in [5.74, 6) is 0. The van der Waals surface area contributed by atoms with Crippen LogP contribution in [0.2, 0.25) is 0 Å². The summed E-state index contributed by atoms with van der Waals surface area (Å²) in [6, 6.07) is 12.9. The van der Waals surface area contributed by atoms with Gasteiger partial charge in [-0.1, -0.05) is 66.3 Å². The van der Waals surface area contributed by atoms with E-state index in [-0.39, 0.29) is 52.6 Å². The van der Waals surface area contributed by atoms with Gasteiger partial charge in [-0.3, -0.25) is 0 Å². The molecule has 1 aromatic carbocycles. The quantitative estimate of drug-likeness (QED) is 0.369. The minimum atomic E-state index is -3.89. The topological polar surface area (TPSA) is 112 Å². The summed E-state index contributed by atoms with van der Waals surface area (Å²) in [5.41, 5.74) is 0.925. The molecule has 0 atom stereocenters. The molecule has 0 spiro atoms. The van der Waals surface area contributed by atoms with Crippen molar-refractivity contribution in [2.24, 2.45) is 0 Å². The van der Waals surface area contributed by atoms with Crippen LogP contribution in [0, 0.1) is 6.92 Å². The molecule has 220 valence electrons. The van der Waals surface area contributed by atoms with E-state index in [2.05, 4.69) is 0 Å². The third-order valence-electron chi connectivity index (χ3n) is 6.19. The Hall–Kier alpha value is -2.43. The molecule has 4 rings (SSSR count). The van der Waals surface area contributed by atoms with Crippen LogP contribution >= 0.6 is 22.7 Å². The van der Waals surface area contributed by atoms with E-state index in [0.29, 0.717) is 0 Å². The molecule has 1 aliphatic rings. The van der Waals surface area contributed by atoms with Gasteiger partial charge in [-0.25, -0.2) is 25.3 Å². The number of nitrogens with zero attached hydrogens (tertiary/aromatic N) is 3. The van der Waals surface area contributed by atoms with Gasteiger partial charge in [0.05, 0.1) is 4.90 Å². The van der Waals surface area contributed by atoms with Crippen molar-refractivity contribution >= 4 is 52.7 Å². The molecule has 0 aliphatic carbocycles. The second-order valence-electron chi connectivity index (χ2n) is 9.06. The molecule has 3 heterocycles. The zero-order valence-electron chi connectivity index (χ0n) is 22.3. The predicted molar refractivity (Wildman–Crippen MR) is 164 cm³/mol. The van der Waals surface area contributed by atoms with Crippen molar-refractivity contribution in [3.63, 3.8) is 0 Å². The van der Waals surface area contributed by atoms with Gasteiger partial charge >= 0.3 is 0 Å². The number of thiophene rings is 2. The molecular weight excluding hydrogens is 623 g/mol. The molecule has 9 nitrogen and oxygen atoms in total. The fraction of sp³-hybridized carbons (Fsp3) is 0.259. The Morgan fingerprint density at radius 3 is 1.17 bits per heavy atom. The summed E-state index contributed by atoms with van der Waals surface area (Å²) < 4.78 is 84.4. The first kappa shape index (κ1) is 31.5. The number of sulfonamides is 3. The molecule has 2 aromatic heterocycles. The van der Waals surface area contributed by atoms with E-state index in [1.54, 1.807) is 83.6 Å². The molecule has 41 heavy (non-hydrogen) atoms. The summed E-state index contributed by atoms with van der Waals surface area (Å²) >= 11 is 2.21. The summed E-state index contributed by atoms with van der Waals surface area (Å²) in [6.45, 7) is 1.91. The Morgan fingerprint density at radius 1 is 0.512 bits per heavy atom. The standard InChI is InChI=1S/C27H31N3O6S5/c1-24-12-14-25(15-13-24)39(31,32)28-16-2-4-18-29(40(33,34)26-10-8-22-37-26)20-6-7-21-30(19-5-3-17-28)41(35,36)27-11-9-23-38-27/h2-15,22-23H,16-21H2,1H3/b4-2+,5-3+,7-6+. The maximum Gasteiger partial charge on any atom is 0.253 e. The highest BCUT2D eigenvalue weighted by atomic mass is 32.3. The van der Waals surface area contributed by atoms with Crippen molar-refractivity contribution in [2.45, 2.75) is 20.2 Å². The summed E-state index contributed by atoms with van der Waals surface area (Å²) in [6.07, 6.45) is 9.79. The van der Waals surface area contributed by atoms with E-state index < -0.39 is 30.1 Å². The van der Waals surface area contributed by atoms with Crippen molar-refractivity contribution in [1.82, 2.24) is 12.9 Å². The maximum atomic E-state index is 13.5. The van der Waals surface area contributed by atoms with Crippen molar-refractivity contribution in [2.75, 3.05) is 39.3 Å². The highest BCUT2D eigenvalue weighted by Gasteiger charge is 2.26. The Kier molecular flexibility index (Phi) is 10.5. The minimum Gasteiger partial charge on any atom is -0.207 e. The zero-order valence-corrected chi connectivity index (χ0v) is 26.4. The molecule has 0 saturated heterocycles. The Morgan fingerprint density at radius 2 is 0.854 bits per heavy atom. The molecule has 1 aliphatic heterocycles. The van der Waals surface area contributed by atoms with Crippen LogP contribution in [0.5, 0.6) is 0 Å². The summed E-state index contributed by atoms with van der Waals surface area (Å²) in [5, 5.41) is 3.36. The molecule has 0 bridgehead atoms. The van der Waals surface area contributed by atoms with E-state index in [1.165, 1.54) is 25.0 Å². The number of rotatable bonds is 6. The lowest BCUT2D eigenvalue weighted by Crippen LogP contribution is -2.33. The first-order chi connectivity index (χ1) is 19.5. The minimum absolute atomic E-state index is 0.000483. The lowest BCUT2D eigenvalue weighted by molar-refractivity contribution is 0.466. The molecule has 14 heteroatoms.